The zero-order valence-corrected chi connectivity index (χ0v) is 7.72. The number of carboxylic acids is 1. The van der Waals surface area contributed by atoms with Crippen LogP contribution in [0.3, 0.4) is 0 Å². The van der Waals surface area contributed by atoms with E-state index < -0.39 is 11.8 Å². The van der Waals surface area contributed by atoms with Crippen LogP contribution in [0.5, 0.6) is 0 Å². The van der Waals surface area contributed by atoms with Gasteiger partial charge in [-0.15, -0.1) is 0 Å². The molecular formula is C11H8FNO2. The Balaban J connectivity index is 2.59. The number of halogens is 1. The van der Waals surface area contributed by atoms with Gasteiger partial charge in [-0.05, 0) is 24.3 Å². The molecule has 0 atom stereocenters. The molecule has 0 amide bonds. The first-order valence-electron chi connectivity index (χ1n) is 4.35. The minimum Gasteiger partial charge on any atom is -0.477 e. The maximum Gasteiger partial charge on any atom is 0.352 e. The standard InChI is InChI=1S/C11H8FNO2/c12-8-4-1-2-5-9(8)13-7-3-6-10(13)11(14)15/h1-7H,(H,14,15). The Bertz CT molecular complexity index is 505. The van der Waals surface area contributed by atoms with E-state index in [1.165, 1.54) is 29.0 Å². The second kappa shape index (κ2) is 3.57. The summed E-state index contributed by atoms with van der Waals surface area (Å²) in [5, 5.41) is 8.86. The zero-order chi connectivity index (χ0) is 10.8. The van der Waals surface area contributed by atoms with E-state index >= 15 is 0 Å². The predicted octanol–water partition coefficient (Wildman–Crippen LogP) is 2.31. The first kappa shape index (κ1) is 9.45. The number of hydrogen-bond acceptors (Lipinski definition) is 1. The fourth-order valence-electron chi connectivity index (χ4n) is 1.41. The van der Waals surface area contributed by atoms with Crippen LogP contribution >= 0.6 is 0 Å². The van der Waals surface area contributed by atoms with Crippen molar-refractivity contribution in [3.8, 4) is 5.69 Å². The van der Waals surface area contributed by atoms with Crippen LogP contribution in [0, 0.1) is 5.82 Å². The van der Waals surface area contributed by atoms with Crippen molar-refractivity contribution < 1.29 is 14.3 Å². The lowest BCUT2D eigenvalue weighted by Gasteiger charge is -2.06. The summed E-state index contributed by atoms with van der Waals surface area (Å²) < 4.78 is 14.7. The average molecular weight is 205 g/mol. The van der Waals surface area contributed by atoms with Crippen molar-refractivity contribution in [3.05, 3.63) is 54.1 Å². The summed E-state index contributed by atoms with van der Waals surface area (Å²) in [5.41, 5.74) is 0.278. The third-order valence-corrected chi connectivity index (χ3v) is 2.08. The highest BCUT2D eigenvalue weighted by Crippen LogP contribution is 2.15. The number of hydrogen-bond donors (Lipinski definition) is 1. The fraction of sp³-hybridized carbons (Fsp3) is 0. The Hall–Kier alpha value is -2.10. The van der Waals surface area contributed by atoms with E-state index in [1.807, 2.05) is 0 Å². The highest BCUT2D eigenvalue weighted by atomic mass is 19.1. The summed E-state index contributed by atoms with van der Waals surface area (Å²) >= 11 is 0. The molecule has 1 heterocycles. The summed E-state index contributed by atoms with van der Waals surface area (Å²) in [6.07, 6.45) is 1.52. The van der Waals surface area contributed by atoms with Crippen molar-refractivity contribution in [2.45, 2.75) is 0 Å². The number of rotatable bonds is 2. The maximum atomic E-state index is 13.4. The molecule has 4 heteroatoms. The van der Waals surface area contributed by atoms with Gasteiger partial charge in [0.25, 0.3) is 0 Å². The number of carbonyl (C=O) groups is 1. The van der Waals surface area contributed by atoms with Crippen molar-refractivity contribution >= 4 is 5.97 Å². The largest absolute Gasteiger partial charge is 0.477 e. The van der Waals surface area contributed by atoms with Gasteiger partial charge in [0.2, 0.25) is 0 Å². The molecule has 0 saturated carbocycles. The Morgan fingerprint density at radius 1 is 1.20 bits per heavy atom. The van der Waals surface area contributed by atoms with Crippen molar-refractivity contribution in [1.29, 1.82) is 0 Å². The first-order valence-corrected chi connectivity index (χ1v) is 4.35. The lowest BCUT2D eigenvalue weighted by molar-refractivity contribution is 0.0688. The second-order valence-corrected chi connectivity index (χ2v) is 3.02. The third kappa shape index (κ3) is 1.61. The Labute approximate surface area is 85.4 Å². The van der Waals surface area contributed by atoms with Crippen LogP contribution in [0.4, 0.5) is 4.39 Å². The molecule has 0 aliphatic carbocycles. The molecule has 1 aromatic carbocycles. The van der Waals surface area contributed by atoms with Gasteiger partial charge >= 0.3 is 5.97 Å². The van der Waals surface area contributed by atoms with Crippen molar-refractivity contribution in [2.24, 2.45) is 0 Å². The Morgan fingerprint density at radius 3 is 2.60 bits per heavy atom. The van der Waals surface area contributed by atoms with Crippen LogP contribution in [0.1, 0.15) is 10.5 Å². The van der Waals surface area contributed by atoms with Gasteiger partial charge in [0.15, 0.2) is 0 Å². The average Bonchev–Trinajstić information content (AvgIpc) is 2.67. The molecule has 1 aromatic heterocycles. The van der Waals surface area contributed by atoms with E-state index in [0.29, 0.717) is 0 Å². The summed E-state index contributed by atoms with van der Waals surface area (Å²) in [6, 6.07) is 9.03. The minimum atomic E-state index is -1.08. The summed E-state index contributed by atoms with van der Waals surface area (Å²) in [7, 11) is 0. The second-order valence-electron chi connectivity index (χ2n) is 3.02. The highest BCUT2D eigenvalue weighted by molar-refractivity contribution is 5.86. The molecule has 2 aromatic rings. The number of benzene rings is 1. The smallest absolute Gasteiger partial charge is 0.352 e. The van der Waals surface area contributed by atoms with E-state index in [0.717, 1.165) is 0 Å². The minimum absolute atomic E-state index is 0.0418. The Morgan fingerprint density at radius 2 is 1.93 bits per heavy atom. The van der Waals surface area contributed by atoms with Crippen LogP contribution in [0.2, 0.25) is 0 Å². The van der Waals surface area contributed by atoms with Crippen molar-refractivity contribution in [3.63, 3.8) is 0 Å². The predicted molar refractivity (Wildman–Crippen MR) is 52.7 cm³/mol. The van der Waals surface area contributed by atoms with Gasteiger partial charge in [-0.3, -0.25) is 0 Å². The van der Waals surface area contributed by atoms with Crippen LogP contribution < -0.4 is 0 Å². The summed E-state index contributed by atoms with van der Waals surface area (Å²) in [5.74, 6) is -1.53. The van der Waals surface area contributed by atoms with Gasteiger partial charge in [-0.2, -0.15) is 0 Å². The van der Waals surface area contributed by atoms with Gasteiger partial charge in [0.1, 0.15) is 11.5 Å². The quantitative estimate of drug-likeness (QED) is 0.817. The van der Waals surface area contributed by atoms with Gasteiger partial charge in [0.05, 0.1) is 5.69 Å². The molecule has 0 aliphatic rings. The molecule has 0 aliphatic heterocycles. The normalized spacial score (nSPS) is 10.2. The monoisotopic (exact) mass is 205 g/mol. The van der Waals surface area contributed by atoms with E-state index in [2.05, 4.69) is 0 Å². The molecule has 0 fully saturated rings. The molecule has 0 bridgehead atoms. The molecule has 76 valence electrons. The van der Waals surface area contributed by atoms with Crippen LogP contribution in [0.25, 0.3) is 5.69 Å². The fourth-order valence-corrected chi connectivity index (χ4v) is 1.41. The number of para-hydroxylation sites is 1. The molecule has 0 saturated heterocycles. The van der Waals surface area contributed by atoms with Crippen molar-refractivity contribution in [2.75, 3.05) is 0 Å². The highest BCUT2D eigenvalue weighted by Gasteiger charge is 2.12. The van der Waals surface area contributed by atoms with Crippen LogP contribution in [-0.2, 0) is 0 Å². The number of aromatic nitrogens is 1. The van der Waals surface area contributed by atoms with Gasteiger partial charge in [-0.1, -0.05) is 12.1 Å². The number of carboxylic acid groups (broad SMARTS) is 1. The maximum absolute atomic E-state index is 13.4. The molecule has 0 radical (unpaired) electrons. The third-order valence-electron chi connectivity index (χ3n) is 2.08. The van der Waals surface area contributed by atoms with E-state index in [1.54, 1.807) is 18.2 Å². The van der Waals surface area contributed by atoms with Crippen LogP contribution in [0.15, 0.2) is 42.6 Å². The Kier molecular flexibility index (Phi) is 2.25. The van der Waals surface area contributed by atoms with E-state index in [-0.39, 0.29) is 11.4 Å². The molecular weight excluding hydrogens is 197 g/mol. The summed E-state index contributed by atoms with van der Waals surface area (Å²) in [6.45, 7) is 0. The number of aromatic carboxylic acids is 1. The topological polar surface area (TPSA) is 42.2 Å². The molecule has 3 nitrogen and oxygen atoms in total. The molecule has 15 heavy (non-hydrogen) atoms. The van der Waals surface area contributed by atoms with Crippen molar-refractivity contribution in [1.82, 2.24) is 4.57 Å². The molecule has 2 rings (SSSR count). The van der Waals surface area contributed by atoms with Gasteiger partial charge < -0.3 is 9.67 Å². The van der Waals surface area contributed by atoms with Gasteiger partial charge in [0, 0.05) is 6.20 Å². The van der Waals surface area contributed by atoms with E-state index in [4.69, 9.17) is 5.11 Å². The zero-order valence-electron chi connectivity index (χ0n) is 7.72. The number of nitrogens with zero attached hydrogens (tertiary/aromatic N) is 1. The SMILES string of the molecule is O=C(O)c1cccn1-c1ccccc1F. The molecule has 1 N–H and O–H groups in total. The van der Waals surface area contributed by atoms with Gasteiger partial charge in [-0.25, -0.2) is 9.18 Å². The summed E-state index contributed by atoms with van der Waals surface area (Å²) in [4.78, 5) is 10.8. The first-order chi connectivity index (χ1) is 7.20. The van der Waals surface area contributed by atoms with Crippen LogP contribution in [-0.4, -0.2) is 15.6 Å². The lowest BCUT2D eigenvalue weighted by atomic mass is 10.3. The van der Waals surface area contributed by atoms with E-state index in [9.17, 15) is 9.18 Å². The molecule has 0 unspecified atom stereocenters. The molecule has 0 spiro atoms. The lowest BCUT2D eigenvalue weighted by Crippen LogP contribution is -2.06.